The maximum absolute atomic E-state index is 11.4. The Morgan fingerprint density at radius 1 is 1.11 bits per heavy atom. The number of halogens is 1. The Bertz CT molecular complexity index is 822. The molecule has 1 aliphatic heterocycles. The molecule has 4 heteroatoms. The number of phenolic OH excluding ortho intramolecular Hbond substituents is 1. The third kappa shape index (κ3) is 3.80. The molecule has 0 unspecified atom stereocenters. The second-order valence-corrected chi connectivity index (χ2v) is 8.93. The van der Waals surface area contributed by atoms with Gasteiger partial charge in [-0.25, -0.2) is 0 Å². The molecule has 3 nitrogen and oxygen atoms in total. The van der Waals surface area contributed by atoms with E-state index in [0.717, 1.165) is 55.8 Å². The highest BCUT2D eigenvalue weighted by Gasteiger charge is 2.48. The molecule has 1 aliphatic carbocycles. The van der Waals surface area contributed by atoms with Crippen molar-refractivity contribution in [2.24, 2.45) is 5.92 Å². The Morgan fingerprint density at radius 2 is 1.89 bits per heavy atom. The van der Waals surface area contributed by atoms with Gasteiger partial charge in [0, 0.05) is 30.1 Å². The number of aryl methyl sites for hydroxylation is 1. The molecule has 150 valence electrons. The second kappa shape index (κ2) is 8.06. The maximum atomic E-state index is 11.4. The Hall–Kier alpha value is -1.55. The maximum Gasteiger partial charge on any atom is 0.118 e. The molecule has 3 atom stereocenters. The first-order valence-electron chi connectivity index (χ1n) is 10.5. The van der Waals surface area contributed by atoms with Crippen LogP contribution in [0.5, 0.6) is 5.75 Å². The first kappa shape index (κ1) is 19.8. The van der Waals surface area contributed by atoms with Gasteiger partial charge in [0.05, 0.1) is 5.60 Å². The molecule has 0 aromatic heterocycles. The lowest BCUT2D eigenvalue weighted by molar-refractivity contribution is -0.126. The average Bonchev–Trinajstić information content (AvgIpc) is 2.70. The lowest BCUT2D eigenvalue weighted by Gasteiger charge is -2.53. The minimum absolute atomic E-state index is 0.167. The number of nitrogens with zero attached hydrogens (tertiary/aromatic N) is 1. The van der Waals surface area contributed by atoms with Crippen molar-refractivity contribution in [3.05, 3.63) is 64.2 Å². The molecule has 2 fully saturated rings. The molecule has 1 saturated heterocycles. The molecular weight excluding hydrogens is 370 g/mol. The third-order valence-electron chi connectivity index (χ3n) is 6.80. The Labute approximate surface area is 173 Å². The summed E-state index contributed by atoms with van der Waals surface area (Å²) in [4.78, 5) is 2.51. The average molecular weight is 400 g/mol. The molecule has 28 heavy (non-hydrogen) atoms. The summed E-state index contributed by atoms with van der Waals surface area (Å²) in [5.41, 5.74) is 2.87. The van der Waals surface area contributed by atoms with E-state index in [1.165, 1.54) is 17.5 Å². The van der Waals surface area contributed by atoms with Crippen molar-refractivity contribution in [3.8, 4) is 5.75 Å². The van der Waals surface area contributed by atoms with E-state index in [-0.39, 0.29) is 12.0 Å². The standard InChI is InChI=1S/C24H30ClNO2/c1-2-18-15-19(8-11-22(18)27)23-21-5-3-4-12-24(21,28)13-14-26(23)16-17-6-9-20(25)10-7-17/h6-11,15,21,23,27-28H,2-5,12-14,16H2,1H3/t21-,23+,24+/m0/s1. The molecule has 2 aliphatic rings. The zero-order chi connectivity index (χ0) is 19.7. The van der Waals surface area contributed by atoms with Crippen LogP contribution >= 0.6 is 11.6 Å². The predicted octanol–water partition coefficient (Wildman–Crippen LogP) is 5.48. The van der Waals surface area contributed by atoms with Gasteiger partial charge in [-0.05, 0) is 60.6 Å². The minimum Gasteiger partial charge on any atom is -0.508 e. The Balaban J connectivity index is 1.70. The van der Waals surface area contributed by atoms with Gasteiger partial charge < -0.3 is 10.2 Å². The van der Waals surface area contributed by atoms with Crippen molar-refractivity contribution >= 4 is 11.6 Å². The van der Waals surface area contributed by atoms with Crippen LogP contribution in [-0.2, 0) is 13.0 Å². The van der Waals surface area contributed by atoms with Crippen molar-refractivity contribution in [2.45, 2.75) is 63.6 Å². The van der Waals surface area contributed by atoms with Crippen molar-refractivity contribution < 1.29 is 10.2 Å². The topological polar surface area (TPSA) is 43.7 Å². The molecule has 0 radical (unpaired) electrons. The van der Waals surface area contributed by atoms with Gasteiger partial charge in [0.15, 0.2) is 0 Å². The number of fused-ring (bicyclic) bond motifs is 1. The number of likely N-dealkylation sites (tertiary alicyclic amines) is 1. The van der Waals surface area contributed by atoms with Crippen LogP contribution in [0.3, 0.4) is 0 Å². The van der Waals surface area contributed by atoms with E-state index in [9.17, 15) is 10.2 Å². The zero-order valence-corrected chi connectivity index (χ0v) is 17.3. The van der Waals surface area contributed by atoms with Crippen LogP contribution in [0.2, 0.25) is 5.02 Å². The summed E-state index contributed by atoms with van der Waals surface area (Å²) in [6, 6.07) is 14.3. The molecule has 0 amide bonds. The monoisotopic (exact) mass is 399 g/mol. The highest BCUT2D eigenvalue weighted by Crippen LogP contribution is 2.50. The van der Waals surface area contributed by atoms with E-state index in [1.54, 1.807) is 0 Å². The number of phenols is 1. The molecule has 2 aromatic rings. The third-order valence-corrected chi connectivity index (χ3v) is 7.05. The molecule has 1 saturated carbocycles. The number of aliphatic hydroxyl groups is 1. The van der Waals surface area contributed by atoms with E-state index in [0.29, 0.717) is 5.75 Å². The molecule has 2 N–H and O–H groups in total. The van der Waals surface area contributed by atoms with E-state index < -0.39 is 5.60 Å². The smallest absolute Gasteiger partial charge is 0.118 e. The van der Waals surface area contributed by atoms with Crippen LogP contribution in [0.1, 0.15) is 61.8 Å². The number of aromatic hydroxyl groups is 1. The zero-order valence-electron chi connectivity index (χ0n) is 16.6. The van der Waals surface area contributed by atoms with Crippen LogP contribution in [0.15, 0.2) is 42.5 Å². The predicted molar refractivity (Wildman–Crippen MR) is 114 cm³/mol. The van der Waals surface area contributed by atoms with E-state index >= 15 is 0 Å². The normalized spacial score (nSPS) is 28.1. The van der Waals surface area contributed by atoms with Crippen LogP contribution in [-0.4, -0.2) is 27.3 Å². The van der Waals surface area contributed by atoms with Gasteiger partial charge in [-0.3, -0.25) is 4.90 Å². The fraction of sp³-hybridized carbons (Fsp3) is 0.500. The van der Waals surface area contributed by atoms with Crippen LogP contribution in [0.25, 0.3) is 0 Å². The summed E-state index contributed by atoms with van der Waals surface area (Å²) < 4.78 is 0. The van der Waals surface area contributed by atoms with Crippen molar-refractivity contribution in [1.29, 1.82) is 0 Å². The molecule has 2 aromatic carbocycles. The molecule has 1 heterocycles. The van der Waals surface area contributed by atoms with Gasteiger partial charge in [0.1, 0.15) is 5.75 Å². The number of rotatable bonds is 4. The summed E-state index contributed by atoms with van der Waals surface area (Å²) >= 11 is 6.07. The van der Waals surface area contributed by atoms with E-state index in [4.69, 9.17) is 11.6 Å². The van der Waals surface area contributed by atoms with Gasteiger partial charge in [0.25, 0.3) is 0 Å². The number of hydrogen-bond donors (Lipinski definition) is 2. The molecule has 4 rings (SSSR count). The summed E-state index contributed by atoms with van der Waals surface area (Å²) in [6.07, 6.45) is 5.89. The van der Waals surface area contributed by atoms with Gasteiger partial charge in [-0.15, -0.1) is 0 Å². The first-order chi connectivity index (χ1) is 13.5. The highest BCUT2D eigenvalue weighted by molar-refractivity contribution is 6.30. The van der Waals surface area contributed by atoms with Gasteiger partial charge in [0.2, 0.25) is 0 Å². The largest absolute Gasteiger partial charge is 0.508 e. The summed E-state index contributed by atoms with van der Waals surface area (Å²) in [6.45, 7) is 3.79. The van der Waals surface area contributed by atoms with E-state index in [1.807, 2.05) is 24.3 Å². The SMILES string of the molecule is CCc1cc([C@@H]2[C@@H]3CCCC[C@@]3(O)CCN2Cc2ccc(Cl)cc2)ccc1O. The van der Waals surface area contributed by atoms with Crippen LogP contribution in [0.4, 0.5) is 0 Å². The van der Waals surface area contributed by atoms with Gasteiger partial charge in [-0.1, -0.05) is 55.6 Å². The van der Waals surface area contributed by atoms with Crippen molar-refractivity contribution in [2.75, 3.05) is 6.54 Å². The lowest BCUT2D eigenvalue weighted by atomic mass is 9.66. The number of hydrogen-bond acceptors (Lipinski definition) is 3. The van der Waals surface area contributed by atoms with Crippen molar-refractivity contribution in [1.82, 2.24) is 4.90 Å². The quantitative estimate of drug-likeness (QED) is 0.715. The molecule has 0 spiro atoms. The molecular formula is C24H30ClNO2. The summed E-state index contributed by atoms with van der Waals surface area (Å²) in [5.74, 6) is 0.599. The van der Waals surface area contributed by atoms with Crippen LogP contribution < -0.4 is 0 Å². The number of benzene rings is 2. The summed E-state index contributed by atoms with van der Waals surface area (Å²) in [7, 11) is 0. The Morgan fingerprint density at radius 3 is 2.64 bits per heavy atom. The van der Waals surface area contributed by atoms with Gasteiger partial charge in [-0.2, -0.15) is 0 Å². The lowest BCUT2D eigenvalue weighted by Crippen LogP contribution is -2.54. The fourth-order valence-corrected chi connectivity index (χ4v) is 5.39. The highest BCUT2D eigenvalue weighted by atomic mass is 35.5. The summed E-state index contributed by atoms with van der Waals surface area (Å²) in [5, 5.41) is 22.4. The molecule has 0 bridgehead atoms. The number of piperidine rings is 1. The first-order valence-corrected chi connectivity index (χ1v) is 10.9. The fourth-order valence-electron chi connectivity index (χ4n) is 5.26. The Kier molecular flexibility index (Phi) is 5.69. The van der Waals surface area contributed by atoms with Gasteiger partial charge >= 0.3 is 0 Å². The van der Waals surface area contributed by atoms with Crippen LogP contribution in [0, 0.1) is 5.92 Å². The van der Waals surface area contributed by atoms with Crippen molar-refractivity contribution in [3.63, 3.8) is 0 Å². The second-order valence-electron chi connectivity index (χ2n) is 8.49. The van der Waals surface area contributed by atoms with E-state index in [2.05, 4.69) is 30.0 Å². The minimum atomic E-state index is -0.566.